The number of rotatable bonds is 6. The van der Waals surface area contributed by atoms with E-state index in [4.69, 9.17) is 4.74 Å². The van der Waals surface area contributed by atoms with Gasteiger partial charge in [-0.1, -0.05) is 6.07 Å². The minimum Gasteiger partial charge on any atom is -0.435 e. The molecule has 1 saturated heterocycles. The molecule has 1 N–H and O–H groups in total. The van der Waals surface area contributed by atoms with Crippen LogP contribution in [0.15, 0.2) is 53.4 Å². The SMILES string of the molecule is O=C(Nc1cccc(S(=O)(=O)N2CCOCC2)c1)c1ccc(OC(F)F)cc1. The second-order valence-electron chi connectivity index (χ2n) is 5.90. The Bertz CT molecular complexity index is 929. The van der Waals surface area contributed by atoms with Gasteiger partial charge in [-0.15, -0.1) is 0 Å². The molecule has 0 atom stereocenters. The highest BCUT2D eigenvalue weighted by molar-refractivity contribution is 7.89. The predicted molar refractivity (Wildman–Crippen MR) is 97.0 cm³/mol. The molecule has 3 rings (SSSR count). The first-order valence-corrected chi connectivity index (χ1v) is 9.84. The van der Waals surface area contributed by atoms with Crippen molar-refractivity contribution in [1.29, 1.82) is 0 Å². The number of anilines is 1. The topological polar surface area (TPSA) is 84.9 Å². The van der Waals surface area contributed by atoms with Crippen LogP contribution in [-0.2, 0) is 14.8 Å². The third-order valence-electron chi connectivity index (χ3n) is 4.04. The third-order valence-corrected chi connectivity index (χ3v) is 5.94. The fourth-order valence-electron chi connectivity index (χ4n) is 2.66. The van der Waals surface area contributed by atoms with E-state index in [1.54, 1.807) is 6.07 Å². The molecule has 1 heterocycles. The van der Waals surface area contributed by atoms with Crippen LogP contribution in [0.1, 0.15) is 10.4 Å². The zero-order valence-corrected chi connectivity index (χ0v) is 15.5. The molecule has 0 unspecified atom stereocenters. The molecule has 2 aromatic carbocycles. The lowest BCUT2D eigenvalue weighted by molar-refractivity contribution is -0.0498. The zero-order valence-electron chi connectivity index (χ0n) is 14.7. The molecule has 0 bridgehead atoms. The maximum absolute atomic E-state index is 12.7. The minimum atomic E-state index is -3.69. The predicted octanol–water partition coefficient (Wildman–Crippen LogP) is 2.56. The molecule has 0 spiro atoms. The fourth-order valence-corrected chi connectivity index (χ4v) is 4.12. The van der Waals surface area contributed by atoms with Gasteiger partial charge >= 0.3 is 6.61 Å². The van der Waals surface area contributed by atoms with Crippen molar-refractivity contribution in [2.75, 3.05) is 31.6 Å². The highest BCUT2D eigenvalue weighted by Crippen LogP contribution is 2.21. The summed E-state index contributed by atoms with van der Waals surface area (Å²) in [6, 6.07) is 11.1. The van der Waals surface area contributed by atoms with Gasteiger partial charge in [0.2, 0.25) is 10.0 Å². The second-order valence-corrected chi connectivity index (χ2v) is 7.84. The molecule has 0 aliphatic carbocycles. The number of amides is 1. The number of benzene rings is 2. The Morgan fingerprint density at radius 2 is 1.79 bits per heavy atom. The number of hydrogen-bond donors (Lipinski definition) is 1. The Labute approximate surface area is 160 Å². The van der Waals surface area contributed by atoms with E-state index in [1.807, 2.05) is 0 Å². The summed E-state index contributed by atoms with van der Waals surface area (Å²) in [6.45, 7) is -1.74. The van der Waals surface area contributed by atoms with Crippen molar-refractivity contribution < 1.29 is 31.5 Å². The average Bonchev–Trinajstić information content (AvgIpc) is 2.69. The van der Waals surface area contributed by atoms with Crippen molar-refractivity contribution in [1.82, 2.24) is 4.31 Å². The van der Waals surface area contributed by atoms with Crippen LogP contribution in [0.4, 0.5) is 14.5 Å². The van der Waals surface area contributed by atoms with Gasteiger partial charge in [0.1, 0.15) is 5.75 Å². The first-order valence-electron chi connectivity index (χ1n) is 8.40. The summed E-state index contributed by atoms with van der Waals surface area (Å²) < 4.78 is 60.5. The zero-order chi connectivity index (χ0) is 20.1. The standard InChI is InChI=1S/C18H18F2N2O5S/c19-18(20)27-15-6-4-13(5-7-15)17(23)21-14-2-1-3-16(12-14)28(24,25)22-8-10-26-11-9-22/h1-7,12,18H,8-11H2,(H,21,23). The van der Waals surface area contributed by atoms with E-state index in [1.165, 1.54) is 46.8 Å². The van der Waals surface area contributed by atoms with Crippen molar-refractivity contribution in [2.45, 2.75) is 11.5 Å². The summed E-state index contributed by atoms with van der Waals surface area (Å²) in [5, 5.41) is 2.60. The van der Waals surface area contributed by atoms with E-state index >= 15 is 0 Å². The van der Waals surface area contributed by atoms with Crippen LogP contribution in [0.2, 0.25) is 0 Å². The minimum absolute atomic E-state index is 0.0629. The maximum atomic E-state index is 12.7. The van der Waals surface area contributed by atoms with Crippen molar-refractivity contribution in [3.8, 4) is 5.75 Å². The summed E-state index contributed by atoms with van der Waals surface area (Å²) in [4.78, 5) is 12.4. The molecular formula is C18H18F2N2O5S. The van der Waals surface area contributed by atoms with Gasteiger partial charge in [0.05, 0.1) is 18.1 Å². The van der Waals surface area contributed by atoms with E-state index in [9.17, 15) is 22.0 Å². The van der Waals surface area contributed by atoms with Gasteiger partial charge in [0.25, 0.3) is 5.91 Å². The van der Waals surface area contributed by atoms with Crippen LogP contribution in [0, 0.1) is 0 Å². The number of morpholine rings is 1. The Kier molecular flexibility index (Phi) is 6.22. The molecule has 0 aromatic heterocycles. The number of ether oxygens (including phenoxy) is 2. The summed E-state index contributed by atoms with van der Waals surface area (Å²) in [5.74, 6) is -0.574. The number of alkyl halides is 2. The number of carbonyl (C=O) groups is 1. The fraction of sp³-hybridized carbons (Fsp3) is 0.278. The van der Waals surface area contributed by atoms with Gasteiger partial charge in [0, 0.05) is 24.3 Å². The largest absolute Gasteiger partial charge is 0.435 e. The first-order chi connectivity index (χ1) is 13.4. The maximum Gasteiger partial charge on any atom is 0.387 e. The molecule has 10 heteroatoms. The molecule has 0 radical (unpaired) electrons. The lowest BCUT2D eigenvalue weighted by Gasteiger charge is -2.26. The van der Waals surface area contributed by atoms with Gasteiger partial charge in [-0.2, -0.15) is 13.1 Å². The molecule has 1 aliphatic rings. The summed E-state index contributed by atoms with van der Waals surface area (Å²) in [5.41, 5.74) is 0.510. The molecule has 1 aliphatic heterocycles. The first kappa shape index (κ1) is 20.2. The van der Waals surface area contributed by atoms with E-state index in [0.717, 1.165) is 0 Å². The quantitative estimate of drug-likeness (QED) is 0.788. The summed E-state index contributed by atoms with van der Waals surface area (Å²) in [6.07, 6.45) is 0. The van der Waals surface area contributed by atoms with Gasteiger partial charge in [-0.3, -0.25) is 4.79 Å². The number of hydrogen-bond acceptors (Lipinski definition) is 5. The van der Waals surface area contributed by atoms with Crippen LogP contribution < -0.4 is 10.1 Å². The lowest BCUT2D eigenvalue weighted by Crippen LogP contribution is -2.40. The molecule has 2 aromatic rings. The average molecular weight is 412 g/mol. The van der Waals surface area contributed by atoms with Crippen LogP contribution in [0.25, 0.3) is 0 Å². The van der Waals surface area contributed by atoms with Gasteiger partial charge in [0.15, 0.2) is 0 Å². The number of carbonyl (C=O) groups excluding carboxylic acids is 1. The molecule has 150 valence electrons. The van der Waals surface area contributed by atoms with Crippen molar-refractivity contribution in [3.63, 3.8) is 0 Å². The molecule has 7 nitrogen and oxygen atoms in total. The number of nitrogens with one attached hydrogen (secondary N) is 1. The smallest absolute Gasteiger partial charge is 0.387 e. The van der Waals surface area contributed by atoms with Gasteiger partial charge in [-0.25, -0.2) is 8.42 Å². The Balaban J connectivity index is 1.72. The van der Waals surface area contributed by atoms with Crippen molar-refractivity contribution in [3.05, 3.63) is 54.1 Å². The number of nitrogens with zero attached hydrogens (tertiary/aromatic N) is 1. The molecule has 28 heavy (non-hydrogen) atoms. The molecule has 1 amide bonds. The Hall–Kier alpha value is -2.56. The van der Waals surface area contributed by atoms with Crippen LogP contribution in [0.3, 0.4) is 0 Å². The van der Waals surface area contributed by atoms with Crippen molar-refractivity contribution >= 4 is 21.6 Å². The molecule has 1 fully saturated rings. The third kappa shape index (κ3) is 4.83. The normalized spacial score (nSPS) is 15.4. The van der Waals surface area contributed by atoms with Crippen LogP contribution in [0.5, 0.6) is 5.75 Å². The monoisotopic (exact) mass is 412 g/mol. The van der Waals surface area contributed by atoms with Crippen molar-refractivity contribution in [2.24, 2.45) is 0 Å². The van der Waals surface area contributed by atoms with Crippen LogP contribution in [-0.4, -0.2) is 51.5 Å². The number of halogens is 2. The molecule has 0 saturated carbocycles. The van der Waals surface area contributed by atoms with Crippen LogP contribution >= 0.6 is 0 Å². The lowest BCUT2D eigenvalue weighted by atomic mass is 10.2. The van der Waals surface area contributed by atoms with E-state index in [2.05, 4.69) is 10.1 Å². The molecular weight excluding hydrogens is 394 g/mol. The van der Waals surface area contributed by atoms with E-state index in [-0.39, 0.29) is 29.3 Å². The van der Waals surface area contributed by atoms with E-state index < -0.39 is 22.5 Å². The summed E-state index contributed by atoms with van der Waals surface area (Å²) >= 11 is 0. The Morgan fingerprint density at radius 3 is 2.43 bits per heavy atom. The van der Waals surface area contributed by atoms with Gasteiger partial charge < -0.3 is 14.8 Å². The highest BCUT2D eigenvalue weighted by Gasteiger charge is 2.26. The van der Waals surface area contributed by atoms with E-state index in [0.29, 0.717) is 18.9 Å². The Morgan fingerprint density at radius 1 is 1.11 bits per heavy atom. The number of sulfonamides is 1. The summed E-state index contributed by atoms with van der Waals surface area (Å²) in [7, 11) is -3.69. The second kappa shape index (κ2) is 8.63. The highest BCUT2D eigenvalue weighted by atomic mass is 32.2. The van der Waals surface area contributed by atoms with Gasteiger partial charge in [-0.05, 0) is 42.5 Å².